The summed E-state index contributed by atoms with van der Waals surface area (Å²) in [5, 5.41) is 13.1. The third-order valence-electron chi connectivity index (χ3n) is 4.36. The number of carbonyl (C=O) groups excluding carboxylic acids is 2. The summed E-state index contributed by atoms with van der Waals surface area (Å²) < 4.78 is 0. The first kappa shape index (κ1) is 17.5. The van der Waals surface area contributed by atoms with Crippen LogP contribution >= 0.6 is 0 Å². The molecule has 0 radical (unpaired) electrons. The standard InChI is InChI=1S/C18H26N2O3/c1-20(14-18(23)10-5-6-11-18)17(22)9-12-19-16(21)13-15-7-3-2-4-8-15/h2-4,7-8,23H,5-6,9-14H2,1H3,(H,19,21). The van der Waals surface area contributed by atoms with Gasteiger partial charge in [0.1, 0.15) is 0 Å². The van der Waals surface area contributed by atoms with E-state index in [0.29, 0.717) is 19.5 Å². The topological polar surface area (TPSA) is 69.6 Å². The average Bonchev–Trinajstić information content (AvgIpc) is 2.94. The van der Waals surface area contributed by atoms with Crippen LogP contribution in [0.25, 0.3) is 0 Å². The van der Waals surface area contributed by atoms with E-state index in [1.54, 1.807) is 11.9 Å². The van der Waals surface area contributed by atoms with Gasteiger partial charge in [-0.05, 0) is 18.4 Å². The normalized spacial score (nSPS) is 16.1. The molecule has 5 nitrogen and oxygen atoms in total. The van der Waals surface area contributed by atoms with Gasteiger partial charge in [-0.15, -0.1) is 0 Å². The molecule has 0 atom stereocenters. The summed E-state index contributed by atoms with van der Waals surface area (Å²) in [6.45, 7) is 0.705. The molecule has 0 bridgehead atoms. The fourth-order valence-corrected chi connectivity index (χ4v) is 3.06. The molecule has 2 N–H and O–H groups in total. The first-order valence-corrected chi connectivity index (χ1v) is 8.25. The Balaban J connectivity index is 1.66. The van der Waals surface area contributed by atoms with Crippen LogP contribution in [0.1, 0.15) is 37.7 Å². The molecule has 0 unspecified atom stereocenters. The zero-order valence-corrected chi connectivity index (χ0v) is 13.8. The van der Waals surface area contributed by atoms with Crippen LogP contribution in [0.2, 0.25) is 0 Å². The van der Waals surface area contributed by atoms with Gasteiger partial charge in [-0.3, -0.25) is 9.59 Å². The Morgan fingerprint density at radius 3 is 2.52 bits per heavy atom. The minimum Gasteiger partial charge on any atom is -0.388 e. The van der Waals surface area contributed by atoms with Gasteiger partial charge in [0.05, 0.1) is 12.0 Å². The number of hydrogen-bond donors (Lipinski definition) is 2. The van der Waals surface area contributed by atoms with E-state index < -0.39 is 5.60 Å². The maximum absolute atomic E-state index is 12.1. The third-order valence-corrected chi connectivity index (χ3v) is 4.36. The molecule has 1 aliphatic rings. The molecule has 1 aliphatic carbocycles. The fourth-order valence-electron chi connectivity index (χ4n) is 3.06. The van der Waals surface area contributed by atoms with Gasteiger partial charge in [0, 0.05) is 26.6 Å². The van der Waals surface area contributed by atoms with Crippen LogP contribution in [0.4, 0.5) is 0 Å². The fraction of sp³-hybridized carbons (Fsp3) is 0.556. The van der Waals surface area contributed by atoms with Crippen LogP contribution in [-0.4, -0.2) is 47.6 Å². The van der Waals surface area contributed by atoms with E-state index in [9.17, 15) is 14.7 Å². The molecule has 23 heavy (non-hydrogen) atoms. The Labute approximate surface area is 137 Å². The molecule has 0 aliphatic heterocycles. The van der Waals surface area contributed by atoms with Gasteiger partial charge in [0.2, 0.25) is 11.8 Å². The maximum Gasteiger partial charge on any atom is 0.224 e. The Kier molecular flexibility index (Phi) is 6.16. The zero-order chi connectivity index (χ0) is 16.7. The number of nitrogens with zero attached hydrogens (tertiary/aromatic N) is 1. The lowest BCUT2D eigenvalue weighted by Gasteiger charge is -2.28. The van der Waals surface area contributed by atoms with E-state index in [-0.39, 0.29) is 18.2 Å². The SMILES string of the molecule is CN(CC1(O)CCCC1)C(=O)CCNC(=O)Cc1ccccc1. The molecule has 1 aromatic carbocycles. The molecule has 126 valence electrons. The van der Waals surface area contributed by atoms with Gasteiger partial charge in [-0.2, -0.15) is 0 Å². The van der Waals surface area contributed by atoms with Crippen molar-refractivity contribution in [3.05, 3.63) is 35.9 Å². The van der Waals surface area contributed by atoms with Gasteiger partial charge in [0.15, 0.2) is 0 Å². The van der Waals surface area contributed by atoms with Crippen LogP contribution in [0.3, 0.4) is 0 Å². The molecule has 0 heterocycles. The predicted octanol–water partition coefficient (Wildman–Crippen LogP) is 1.50. The molecule has 0 spiro atoms. The maximum atomic E-state index is 12.1. The number of amides is 2. The smallest absolute Gasteiger partial charge is 0.224 e. The van der Waals surface area contributed by atoms with Gasteiger partial charge in [-0.1, -0.05) is 43.2 Å². The Morgan fingerprint density at radius 1 is 1.22 bits per heavy atom. The molecular formula is C18H26N2O3. The number of nitrogens with one attached hydrogen (secondary N) is 1. The highest BCUT2D eigenvalue weighted by Gasteiger charge is 2.33. The highest BCUT2D eigenvalue weighted by Crippen LogP contribution is 2.29. The van der Waals surface area contributed by atoms with Crippen molar-refractivity contribution in [3.8, 4) is 0 Å². The largest absolute Gasteiger partial charge is 0.388 e. The Morgan fingerprint density at radius 2 is 1.87 bits per heavy atom. The average molecular weight is 318 g/mol. The van der Waals surface area contributed by atoms with Crippen molar-refractivity contribution < 1.29 is 14.7 Å². The van der Waals surface area contributed by atoms with Gasteiger partial charge in [0.25, 0.3) is 0 Å². The molecule has 1 saturated carbocycles. The summed E-state index contributed by atoms with van der Waals surface area (Å²) in [7, 11) is 1.71. The van der Waals surface area contributed by atoms with E-state index in [2.05, 4.69) is 5.32 Å². The van der Waals surface area contributed by atoms with Crippen LogP contribution < -0.4 is 5.32 Å². The minimum atomic E-state index is -0.721. The number of likely N-dealkylation sites (N-methyl/N-ethyl adjacent to an activating group) is 1. The second-order valence-corrected chi connectivity index (χ2v) is 6.44. The highest BCUT2D eigenvalue weighted by atomic mass is 16.3. The van der Waals surface area contributed by atoms with Crippen molar-refractivity contribution in [1.82, 2.24) is 10.2 Å². The molecule has 0 aromatic heterocycles. The monoisotopic (exact) mass is 318 g/mol. The summed E-state index contributed by atoms with van der Waals surface area (Å²) in [6, 6.07) is 9.51. The van der Waals surface area contributed by atoms with Crippen molar-refractivity contribution >= 4 is 11.8 Å². The molecule has 1 fully saturated rings. The summed E-state index contributed by atoms with van der Waals surface area (Å²) in [6.07, 6.45) is 4.15. The number of carbonyl (C=O) groups is 2. The quantitative estimate of drug-likeness (QED) is 0.800. The van der Waals surface area contributed by atoms with Crippen molar-refractivity contribution in [3.63, 3.8) is 0 Å². The lowest BCUT2D eigenvalue weighted by molar-refractivity contribution is -0.133. The van der Waals surface area contributed by atoms with Crippen molar-refractivity contribution in [1.29, 1.82) is 0 Å². The van der Waals surface area contributed by atoms with Crippen LogP contribution in [-0.2, 0) is 16.0 Å². The first-order chi connectivity index (χ1) is 11.0. The number of hydrogen-bond acceptors (Lipinski definition) is 3. The molecular weight excluding hydrogens is 292 g/mol. The summed E-state index contributed by atoms with van der Waals surface area (Å²) in [4.78, 5) is 25.5. The Bertz CT molecular complexity index is 524. The summed E-state index contributed by atoms with van der Waals surface area (Å²) in [5.74, 6) is -0.133. The first-order valence-electron chi connectivity index (χ1n) is 8.25. The summed E-state index contributed by atoms with van der Waals surface area (Å²) >= 11 is 0. The van der Waals surface area contributed by atoms with Crippen LogP contribution in [0.15, 0.2) is 30.3 Å². The molecule has 1 aromatic rings. The molecule has 5 heteroatoms. The Hall–Kier alpha value is -1.88. The van der Waals surface area contributed by atoms with Crippen molar-refractivity contribution in [2.75, 3.05) is 20.1 Å². The van der Waals surface area contributed by atoms with Gasteiger partial charge >= 0.3 is 0 Å². The molecule has 2 amide bonds. The molecule has 0 saturated heterocycles. The number of rotatable bonds is 7. The van der Waals surface area contributed by atoms with E-state index in [0.717, 1.165) is 31.2 Å². The van der Waals surface area contributed by atoms with E-state index in [1.807, 2.05) is 30.3 Å². The highest BCUT2D eigenvalue weighted by molar-refractivity contribution is 5.80. The van der Waals surface area contributed by atoms with Crippen molar-refractivity contribution in [2.24, 2.45) is 0 Å². The summed E-state index contributed by atoms with van der Waals surface area (Å²) in [5.41, 5.74) is 0.234. The third kappa shape index (κ3) is 5.67. The minimum absolute atomic E-state index is 0.0506. The second-order valence-electron chi connectivity index (χ2n) is 6.44. The second kappa shape index (κ2) is 8.11. The number of benzene rings is 1. The van der Waals surface area contributed by atoms with Crippen molar-refractivity contribution in [2.45, 2.75) is 44.1 Å². The van der Waals surface area contributed by atoms with E-state index in [1.165, 1.54) is 0 Å². The van der Waals surface area contributed by atoms with Crippen LogP contribution in [0, 0.1) is 0 Å². The lowest BCUT2D eigenvalue weighted by Crippen LogP contribution is -2.42. The van der Waals surface area contributed by atoms with Gasteiger partial charge in [-0.25, -0.2) is 0 Å². The van der Waals surface area contributed by atoms with Crippen LogP contribution in [0.5, 0.6) is 0 Å². The predicted molar refractivity (Wildman–Crippen MR) is 88.8 cm³/mol. The lowest BCUT2D eigenvalue weighted by atomic mass is 10.0. The van der Waals surface area contributed by atoms with E-state index in [4.69, 9.17) is 0 Å². The molecule has 2 rings (SSSR count). The van der Waals surface area contributed by atoms with E-state index >= 15 is 0 Å². The van der Waals surface area contributed by atoms with Gasteiger partial charge < -0.3 is 15.3 Å². The zero-order valence-electron chi connectivity index (χ0n) is 13.8. The number of aliphatic hydroxyl groups is 1.